The molecule has 3 nitrogen and oxygen atoms in total. The molecular weight excluding hydrogens is 354 g/mol. The monoisotopic (exact) mass is 360 g/mol. The number of amides is 1. The lowest BCUT2D eigenvalue weighted by atomic mass is 10.2. The van der Waals surface area contributed by atoms with E-state index in [-0.39, 0.29) is 16.3 Å². The molecular formula is C13H8BrClF2N2O. The lowest BCUT2D eigenvalue weighted by Crippen LogP contribution is -2.14. The summed E-state index contributed by atoms with van der Waals surface area (Å²) < 4.78 is 26.9. The molecule has 2 aromatic carbocycles. The first-order valence-corrected chi connectivity index (χ1v) is 6.57. The van der Waals surface area contributed by atoms with Crippen molar-refractivity contribution in [2.75, 3.05) is 11.1 Å². The molecule has 0 aliphatic rings. The number of benzene rings is 2. The van der Waals surface area contributed by atoms with Crippen molar-refractivity contribution in [3.05, 3.63) is 57.0 Å². The Morgan fingerprint density at radius 2 is 2.00 bits per heavy atom. The van der Waals surface area contributed by atoms with Gasteiger partial charge in [-0.15, -0.1) is 0 Å². The molecule has 1 amide bonds. The molecule has 0 heterocycles. The average Bonchev–Trinajstić information content (AvgIpc) is 2.36. The van der Waals surface area contributed by atoms with Crippen molar-refractivity contribution >= 4 is 44.8 Å². The number of nitrogens with two attached hydrogens (primary N) is 1. The molecule has 0 aliphatic carbocycles. The summed E-state index contributed by atoms with van der Waals surface area (Å²) in [7, 11) is 0. The van der Waals surface area contributed by atoms with Crippen LogP contribution in [0.15, 0.2) is 34.8 Å². The summed E-state index contributed by atoms with van der Waals surface area (Å²) in [6.07, 6.45) is 0. The van der Waals surface area contributed by atoms with Crippen LogP contribution in [0.4, 0.5) is 20.2 Å². The van der Waals surface area contributed by atoms with Crippen LogP contribution in [0.1, 0.15) is 10.4 Å². The van der Waals surface area contributed by atoms with Crippen molar-refractivity contribution in [3.63, 3.8) is 0 Å². The third-order valence-corrected chi connectivity index (χ3v) is 3.70. The third kappa shape index (κ3) is 2.91. The maximum absolute atomic E-state index is 13.6. The van der Waals surface area contributed by atoms with Crippen molar-refractivity contribution in [2.24, 2.45) is 0 Å². The van der Waals surface area contributed by atoms with Crippen LogP contribution in [0.25, 0.3) is 0 Å². The van der Waals surface area contributed by atoms with Crippen LogP contribution < -0.4 is 11.1 Å². The Hall–Kier alpha value is -1.66. The summed E-state index contributed by atoms with van der Waals surface area (Å²) >= 11 is 8.88. The highest BCUT2D eigenvalue weighted by atomic mass is 79.9. The van der Waals surface area contributed by atoms with Gasteiger partial charge in [0, 0.05) is 11.8 Å². The fourth-order valence-electron chi connectivity index (χ4n) is 1.57. The molecule has 0 radical (unpaired) electrons. The molecule has 2 aromatic rings. The van der Waals surface area contributed by atoms with Crippen LogP contribution in [0.5, 0.6) is 0 Å². The highest BCUT2D eigenvalue weighted by molar-refractivity contribution is 9.10. The maximum atomic E-state index is 13.6. The second-order valence-electron chi connectivity index (χ2n) is 3.91. The molecule has 0 spiro atoms. The Morgan fingerprint density at radius 3 is 2.65 bits per heavy atom. The predicted molar refractivity (Wildman–Crippen MR) is 77.9 cm³/mol. The van der Waals surface area contributed by atoms with Crippen LogP contribution in [0, 0.1) is 11.6 Å². The van der Waals surface area contributed by atoms with Crippen molar-refractivity contribution < 1.29 is 13.6 Å². The summed E-state index contributed by atoms with van der Waals surface area (Å²) in [5.74, 6) is -2.39. The average molecular weight is 362 g/mol. The minimum absolute atomic E-state index is 0.213. The number of halogens is 4. The van der Waals surface area contributed by atoms with E-state index >= 15 is 0 Å². The van der Waals surface area contributed by atoms with E-state index in [1.807, 2.05) is 0 Å². The van der Waals surface area contributed by atoms with Gasteiger partial charge in [-0.1, -0.05) is 17.7 Å². The molecule has 0 aliphatic heterocycles. The third-order valence-electron chi connectivity index (χ3n) is 2.52. The van der Waals surface area contributed by atoms with E-state index in [0.717, 1.165) is 6.07 Å². The minimum Gasteiger partial charge on any atom is -0.398 e. The van der Waals surface area contributed by atoms with Gasteiger partial charge in [0.2, 0.25) is 0 Å². The molecule has 0 atom stereocenters. The van der Waals surface area contributed by atoms with Gasteiger partial charge in [0.1, 0.15) is 5.82 Å². The number of nitrogen functional groups attached to an aromatic ring is 1. The molecule has 0 aromatic heterocycles. The molecule has 0 unspecified atom stereocenters. The lowest BCUT2D eigenvalue weighted by molar-refractivity contribution is 0.102. The second-order valence-corrected chi connectivity index (χ2v) is 5.11. The van der Waals surface area contributed by atoms with Gasteiger partial charge in [0.05, 0.1) is 20.7 Å². The Morgan fingerprint density at radius 1 is 1.30 bits per heavy atom. The smallest absolute Gasteiger partial charge is 0.257 e. The molecule has 0 fully saturated rings. The number of hydrogen-bond donors (Lipinski definition) is 2. The van der Waals surface area contributed by atoms with Gasteiger partial charge in [0.25, 0.3) is 5.91 Å². The number of hydrogen-bond acceptors (Lipinski definition) is 2. The van der Waals surface area contributed by atoms with Crippen molar-refractivity contribution in [1.29, 1.82) is 0 Å². The zero-order chi connectivity index (χ0) is 14.9. The van der Waals surface area contributed by atoms with Crippen LogP contribution in [0.2, 0.25) is 5.02 Å². The van der Waals surface area contributed by atoms with E-state index in [0.29, 0.717) is 16.2 Å². The zero-order valence-electron chi connectivity index (χ0n) is 9.88. The van der Waals surface area contributed by atoms with Crippen LogP contribution >= 0.6 is 27.5 Å². The molecule has 104 valence electrons. The first-order valence-electron chi connectivity index (χ1n) is 5.40. The number of nitrogens with one attached hydrogen (secondary N) is 1. The molecule has 3 N–H and O–H groups in total. The van der Waals surface area contributed by atoms with Crippen molar-refractivity contribution in [1.82, 2.24) is 0 Å². The quantitative estimate of drug-likeness (QED) is 0.787. The van der Waals surface area contributed by atoms with E-state index in [4.69, 9.17) is 17.3 Å². The van der Waals surface area contributed by atoms with E-state index < -0.39 is 17.5 Å². The molecule has 0 bridgehead atoms. The van der Waals surface area contributed by atoms with E-state index in [9.17, 15) is 13.6 Å². The van der Waals surface area contributed by atoms with Crippen LogP contribution in [0.3, 0.4) is 0 Å². The van der Waals surface area contributed by atoms with Gasteiger partial charge >= 0.3 is 0 Å². The fraction of sp³-hybridized carbons (Fsp3) is 0. The van der Waals surface area contributed by atoms with Crippen LogP contribution in [-0.2, 0) is 0 Å². The first-order chi connectivity index (χ1) is 9.40. The second kappa shape index (κ2) is 5.76. The zero-order valence-corrected chi connectivity index (χ0v) is 12.2. The van der Waals surface area contributed by atoms with Crippen molar-refractivity contribution in [3.8, 4) is 0 Å². The highest BCUT2D eigenvalue weighted by Crippen LogP contribution is 2.29. The number of carbonyl (C=O) groups is 1. The SMILES string of the molecule is Nc1cccc(C(=O)Nc2c(F)cc(F)cc2Cl)c1Br. The summed E-state index contributed by atoms with van der Waals surface area (Å²) in [4.78, 5) is 12.1. The maximum Gasteiger partial charge on any atom is 0.257 e. The van der Waals surface area contributed by atoms with Gasteiger partial charge in [-0.2, -0.15) is 0 Å². The Labute approximate surface area is 126 Å². The fourth-order valence-corrected chi connectivity index (χ4v) is 2.25. The topological polar surface area (TPSA) is 55.1 Å². The summed E-state index contributed by atoms with van der Waals surface area (Å²) in [6.45, 7) is 0. The van der Waals surface area contributed by atoms with E-state index in [1.54, 1.807) is 12.1 Å². The van der Waals surface area contributed by atoms with Crippen LogP contribution in [-0.4, -0.2) is 5.91 Å². The van der Waals surface area contributed by atoms with Crippen molar-refractivity contribution in [2.45, 2.75) is 0 Å². The van der Waals surface area contributed by atoms with Gasteiger partial charge in [-0.25, -0.2) is 8.78 Å². The lowest BCUT2D eigenvalue weighted by Gasteiger charge is -2.10. The molecule has 7 heteroatoms. The Bertz CT molecular complexity index is 671. The summed E-state index contributed by atoms with van der Waals surface area (Å²) in [5, 5.41) is 2.07. The minimum atomic E-state index is -0.955. The molecule has 0 saturated carbocycles. The first kappa shape index (κ1) is 14.7. The van der Waals surface area contributed by atoms with E-state index in [1.165, 1.54) is 6.07 Å². The largest absolute Gasteiger partial charge is 0.398 e. The normalized spacial score (nSPS) is 10.4. The predicted octanol–water partition coefficient (Wildman–Crippen LogP) is 4.22. The Balaban J connectivity index is 2.36. The van der Waals surface area contributed by atoms with Gasteiger partial charge < -0.3 is 11.1 Å². The molecule has 2 rings (SSSR count). The Kier molecular flexibility index (Phi) is 4.25. The highest BCUT2D eigenvalue weighted by Gasteiger charge is 2.16. The van der Waals surface area contributed by atoms with E-state index in [2.05, 4.69) is 21.2 Å². The summed E-state index contributed by atoms with van der Waals surface area (Å²) in [6, 6.07) is 6.24. The standard InChI is InChI=1S/C13H8BrClF2N2O/c14-11-7(2-1-3-10(11)18)13(20)19-12-8(15)4-6(16)5-9(12)17/h1-5H,18H2,(H,19,20). The number of carbonyl (C=O) groups excluding carboxylic acids is 1. The number of anilines is 2. The van der Waals surface area contributed by atoms with Gasteiger partial charge in [-0.05, 0) is 34.1 Å². The van der Waals surface area contributed by atoms with Gasteiger partial charge in [-0.3, -0.25) is 4.79 Å². The summed E-state index contributed by atoms with van der Waals surface area (Å²) in [5.41, 5.74) is 5.95. The molecule has 0 saturated heterocycles. The number of rotatable bonds is 2. The van der Waals surface area contributed by atoms with Gasteiger partial charge in [0.15, 0.2) is 5.82 Å². The molecule has 20 heavy (non-hydrogen) atoms.